The molecular formula is C29H38N2O5S. The molecule has 0 heterocycles. The van der Waals surface area contributed by atoms with Gasteiger partial charge in [0.2, 0.25) is 10.0 Å². The van der Waals surface area contributed by atoms with Gasteiger partial charge in [0.1, 0.15) is 5.75 Å². The maximum absolute atomic E-state index is 11.4. The van der Waals surface area contributed by atoms with E-state index in [1.54, 1.807) is 6.07 Å². The Bertz CT molecular complexity index is 1130. The molecule has 3 aromatic carbocycles. The van der Waals surface area contributed by atoms with Crippen LogP contribution in [0.15, 0.2) is 78.9 Å². The van der Waals surface area contributed by atoms with Crippen molar-refractivity contribution in [1.29, 1.82) is 0 Å². The molecule has 4 N–H and O–H groups in total. The Labute approximate surface area is 220 Å². The van der Waals surface area contributed by atoms with Gasteiger partial charge in [0, 0.05) is 19.1 Å². The van der Waals surface area contributed by atoms with Crippen LogP contribution in [0.3, 0.4) is 0 Å². The van der Waals surface area contributed by atoms with E-state index in [1.807, 2.05) is 12.1 Å². The van der Waals surface area contributed by atoms with Gasteiger partial charge < -0.3 is 20.3 Å². The van der Waals surface area contributed by atoms with Crippen molar-refractivity contribution in [2.24, 2.45) is 0 Å². The summed E-state index contributed by atoms with van der Waals surface area (Å²) in [5.74, 6) is 0.0406. The third-order valence-electron chi connectivity index (χ3n) is 6.12. The van der Waals surface area contributed by atoms with Crippen LogP contribution in [0.1, 0.15) is 54.4 Å². The number of hydrogen-bond acceptors (Lipinski definition) is 6. The maximum atomic E-state index is 11.4. The van der Waals surface area contributed by atoms with Crippen molar-refractivity contribution in [2.45, 2.75) is 37.7 Å². The normalized spacial score (nSPS) is 12.5. The van der Waals surface area contributed by atoms with E-state index < -0.39 is 16.1 Å². The van der Waals surface area contributed by atoms with E-state index >= 15 is 0 Å². The van der Waals surface area contributed by atoms with Crippen LogP contribution in [-0.2, 0) is 14.8 Å². The summed E-state index contributed by atoms with van der Waals surface area (Å²) in [5.41, 5.74) is 3.10. The number of benzene rings is 3. The second-order valence-corrected chi connectivity index (χ2v) is 11.0. The molecule has 0 amide bonds. The predicted molar refractivity (Wildman–Crippen MR) is 148 cm³/mol. The number of anilines is 1. The van der Waals surface area contributed by atoms with E-state index in [1.165, 1.54) is 23.3 Å². The van der Waals surface area contributed by atoms with Crippen molar-refractivity contribution >= 4 is 15.7 Å². The lowest BCUT2D eigenvalue weighted by Crippen LogP contribution is -2.22. The average Bonchev–Trinajstić information content (AvgIpc) is 2.88. The zero-order chi connectivity index (χ0) is 26.5. The SMILES string of the molecule is CS(=O)(=O)Nc1cc(C(O)CNCCCCCCOCC(c2ccccc2)c2ccccc2)ccc1O. The third-order valence-corrected chi connectivity index (χ3v) is 6.71. The zero-order valence-electron chi connectivity index (χ0n) is 21.3. The predicted octanol–water partition coefficient (Wildman–Crippen LogP) is 4.80. The second-order valence-electron chi connectivity index (χ2n) is 9.23. The first-order valence-corrected chi connectivity index (χ1v) is 14.6. The summed E-state index contributed by atoms with van der Waals surface area (Å²) in [5, 5.41) is 23.5. The minimum atomic E-state index is -3.52. The molecule has 3 aromatic rings. The molecule has 200 valence electrons. The molecule has 0 bridgehead atoms. The van der Waals surface area contributed by atoms with Gasteiger partial charge in [-0.2, -0.15) is 0 Å². The molecule has 0 aliphatic heterocycles. The largest absolute Gasteiger partial charge is 0.506 e. The quantitative estimate of drug-likeness (QED) is 0.158. The van der Waals surface area contributed by atoms with E-state index in [2.05, 4.69) is 58.6 Å². The number of phenols is 1. The van der Waals surface area contributed by atoms with Crippen LogP contribution in [0.2, 0.25) is 0 Å². The fraction of sp³-hybridized carbons (Fsp3) is 0.379. The molecule has 1 unspecified atom stereocenters. The first-order valence-electron chi connectivity index (χ1n) is 12.7. The first-order chi connectivity index (χ1) is 17.8. The lowest BCUT2D eigenvalue weighted by molar-refractivity contribution is 0.123. The molecule has 0 aliphatic rings. The summed E-state index contributed by atoms with van der Waals surface area (Å²) in [6.07, 6.45) is 4.33. The number of rotatable bonds is 16. The highest BCUT2D eigenvalue weighted by atomic mass is 32.2. The lowest BCUT2D eigenvalue weighted by Gasteiger charge is -2.18. The Morgan fingerprint density at radius 2 is 1.46 bits per heavy atom. The van der Waals surface area contributed by atoms with Gasteiger partial charge in [-0.25, -0.2) is 8.42 Å². The molecule has 8 heteroatoms. The molecule has 7 nitrogen and oxygen atoms in total. The standard InChI is InChI=1S/C29H38N2O5S/c1-37(34,35)31-27-20-25(16-17-28(27)32)29(33)21-30-18-10-2-3-11-19-36-22-26(23-12-6-4-7-13-23)24-14-8-5-9-15-24/h4-9,12-17,20,26,29-33H,2-3,10-11,18-19,21-22H2,1H3. The summed E-state index contributed by atoms with van der Waals surface area (Å²) in [4.78, 5) is 0. The van der Waals surface area contributed by atoms with Gasteiger partial charge in [0.05, 0.1) is 24.7 Å². The van der Waals surface area contributed by atoms with Crippen LogP contribution >= 0.6 is 0 Å². The van der Waals surface area contributed by atoms with E-state index in [0.717, 1.165) is 45.1 Å². The highest BCUT2D eigenvalue weighted by Crippen LogP contribution is 2.28. The topological polar surface area (TPSA) is 108 Å². The monoisotopic (exact) mass is 526 g/mol. The van der Waals surface area contributed by atoms with Crippen LogP contribution in [0.25, 0.3) is 0 Å². The average molecular weight is 527 g/mol. The van der Waals surface area contributed by atoms with Crippen molar-refractivity contribution in [1.82, 2.24) is 5.32 Å². The van der Waals surface area contributed by atoms with Crippen LogP contribution in [0, 0.1) is 0 Å². The Hall–Kier alpha value is -2.91. The summed E-state index contributed by atoms with van der Waals surface area (Å²) in [7, 11) is -3.52. The maximum Gasteiger partial charge on any atom is 0.229 e. The summed E-state index contributed by atoms with van der Waals surface area (Å²) in [6.45, 7) is 2.50. The molecule has 0 fully saturated rings. The molecule has 1 atom stereocenters. The third kappa shape index (κ3) is 10.2. The number of hydrogen-bond donors (Lipinski definition) is 4. The van der Waals surface area contributed by atoms with Gasteiger partial charge in [0.25, 0.3) is 0 Å². The van der Waals surface area contributed by atoms with Gasteiger partial charge in [-0.05, 0) is 48.2 Å². The number of phenolic OH excluding ortho intramolecular Hbond substituents is 1. The fourth-order valence-corrected chi connectivity index (χ4v) is 4.73. The molecule has 0 saturated carbocycles. The first kappa shape index (κ1) is 28.7. The van der Waals surface area contributed by atoms with Crippen molar-refractivity contribution in [3.8, 4) is 5.75 Å². The van der Waals surface area contributed by atoms with Crippen LogP contribution < -0.4 is 10.0 Å². The number of unbranched alkanes of at least 4 members (excludes halogenated alkanes) is 3. The summed E-state index contributed by atoms with van der Waals surface area (Å²) < 4.78 is 31.2. The molecule has 0 radical (unpaired) electrons. The summed E-state index contributed by atoms with van der Waals surface area (Å²) in [6, 6.07) is 25.3. The van der Waals surface area contributed by atoms with E-state index in [-0.39, 0.29) is 17.4 Å². The van der Waals surface area contributed by atoms with Crippen LogP contribution in [0.4, 0.5) is 5.69 Å². The Kier molecular flexibility index (Phi) is 11.4. The van der Waals surface area contributed by atoms with Crippen molar-refractivity contribution in [3.63, 3.8) is 0 Å². The van der Waals surface area contributed by atoms with Crippen molar-refractivity contribution in [2.75, 3.05) is 37.3 Å². The molecule has 3 rings (SSSR count). The van der Waals surface area contributed by atoms with Gasteiger partial charge in [-0.3, -0.25) is 4.72 Å². The van der Waals surface area contributed by atoms with Gasteiger partial charge in [0.15, 0.2) is 0 Å². The van der Waals surface area contributed by atoms with Crippen LogP contribution in [-0.4, -0.2) is 51.2 Å². The van der Waals surface area contributed by atoms with E-state index in [4.69, 9.17) is 4.74 Å². The van der Waals surface area contributed by atoms with Gasteiger partial charge in [-0.15, -0.1) is 0 Å². The van der Waals surface area contributed by atoms with E-state index in [9.17, 15) is 18.6 Å². The fourth-order valence-electron chi connectivity index (χ4n) is 4.16. The number of nitrogens with one attached hydrogen (secondary N) is 2. The Morgan fingerprint density at radius 1 is 0.838 bits per heavy atom. The summed E-state index contributed by atoms with van der Waals surface area (Å²) >= 11 is 0. The number of aliphatic hydroxyl groups is 1. The lowest BCUT2D eigenvalue weighted by atomic mass is 9.92. The second kappa shape index (κ2) is 14.7. The smallest absolute Gasteiger partial charge is 0.229 e. The Morgan fingerprint density at radius 3 is 2.08 bits per heavy atom. The molecule has 37 heavy (non-hydrogen) atoms. The van der Waals surface area contributed by atoms with Crippen molar-refractivity contribution < 1.29 is 23.4 Å². The van der Waals surface area contributed by atoms with Crippen molar-refractivity contribution in [3.05, 3.63) is 95.6 Å². The van der Waals surface area contributed by atoms with E-state index in [0.29, 0.717) is 18.7 Å². The van der Waals surface area contributed by atoms with Crippen LogP contribution in [0.5, 0.6) is 5.75 Å². The number of aliphatic hydroxyl groups excluding tert-OH is 1. The zero-order valence-corrected chi connectivity index (χ0v) is 22.2. The highest BCUT2D eigenvalue weighted by molar-refractivity contribution is 7.92. The van der Waals surface area contributed by atoms with Gasteiger partial charge in [-0.1, -0.05) is 79.6 Å². The Balaban J connectivity index is 1.30. The van der Waals surface area contributed by atoms with Gasteiger partial charge >= 0.3 is 0 Å². The molecule has 0 aromatic heterocycles. The highest BCUT2D eigenvalue weighted by Gasteiger charge is 2.14. The molecule has 0 saturated heterocycles. The number of aromatic hydroxyl groups is 1. The molecule has 0 aliphatic carbocycles. The molecule has 0 spiro atoms. The number of ether oxygens (including phenoxy) is 1. The minimum Gasteiger partial charge on any atom is -0.506 e. The molecular weight excluding hydrogens is 488 g/mol. The number of sulfonamides is 1. The minimum absolute atomic E-state index is 0.0557.